The van der Waals surface area contributed by atoms with Crippen molar-refractivity contribution >= 4 is 5.97 Å². The van der Waals surface area contributed by atoms with Crippen LogP contribution in [-0.4, -0.2) is 48.7 Å². The number of hydrogen-bond acceptors (Lipinski definition) is 5. The van der Waals surface area contributed by atoms with Gasteiger partial charge in [0.25, 0.3) is 0 Å². The Kier molecular flexibility index (Phi) is 7.31. The Balaban J connectivity index is 2.09. The third kappa shape index (κ3) is 6.05. The predicted octanol–water partition coefficient (Wildman–Crippen LogP) is 2.83. The van der Waals surface area contributed by atoms with E-state index in [1.165, 1.54) is 0 Å². The Labute approximate surface area is 139 Å². The van der Waals surface area contributed by atoms with Crippen LogP contribution in [0.5, 0.6) is 0 Å². The van der Waals surface area contributed by atoms with Gasteiger partial charge in [0.2, 0.25) is 0 Å². The molecule has 2 bridgehead atoms. The van der Waals surface area contributed by atoms with Crippen LogP contribution < -0.4 is 0 Å². The van der Waals surface area contributed by atoms with Gasteiger partial charge in [-0.2, -0.15) is 0 Å². The number of ether oxygens (including phenoxy) is 3. The third-order valence-corrected chi connectivity index (χ3v) is 4.95. The molecule has 0 saturated carbocycles. The quantitative estimate of drug-likeness (QED) is 0.807. The molecule has 0 amide bonds. The lowest BCUT2D eigenvalue weighted by Crippen LogP contribution is -2.39. The summed E-state index contributed by atoms with van der Waals surface area (Å²) in [4.78, 5) is 12.2. The molecule has 23 heavy (non-hydrogen) atoms. The third-order valence-electron chi connectivity index (χ3n) is 4.95. The molecule has 5 heteroatoms. The van der Waals surface area contributed by atoms with E-state index in [4.69, 9.17) is 14.2 Å². The summed E-state index contributed by atoms with van der Waals surface area (Å²) in [6.45, 7) is 4.30. The lowest BCUT2D eigenvalue weighted by atomic mass is 9.89. The van der Waals surface area contributed by atoms with Crippen molar-refractivity contribution < 1.29 is 24.1 Å². The van der Waals surface area contributed by atoms with Gasteiger partial charge in [-0.15, -0.1) is 0 Å². The highest BCUT2D eigenvalue weighted by atomic mass is 16.6. The van der Waals surface area contributed by atoms with Crippen LogP contribution in [-0.2, 0) is 19.0 Å². The number of hydrogen-bond donors (Lipinski definition) is 1. The second-order valence-electron chi connectivity index (χ2n) is 7.28. The van der Waals surface area contributed by atoms with Crippen molar-refractivity contribution in [2.24, 2.45) is 5.92 Å². The number of carbonyl (C=O) groups excluding carboxylic acids is 1. The molecule has 0 spiro atoms. The molecular weight excluding hydrogens is 296 g/mol. The summed E-state index contributed by atoms with van der Waals surface area (Å²) in [6.07, 6.45) is 5.28. The number of esters is 1. The molecule has 0 aromatic rings. The molecule has 6 atom stereocenters. The molecule has 0 aromatic carbocycles. The Morgan fingerprint density at radius 2 is 1.91 bits per heavy atom. The Morgan fingerprint density at radius 3 is 2.61 bits per heavy atom. The van der Waals surface area contributed by atoms with E-state index in [1.807, 2.05) is 0 Å². The summed E-state index contributed by atoms with van der Waals surface area (Å²) in [6, 6.07) is 0. The summed E-state index contributed by atoms with van der Waals surface area (Å²) in [5.74, 6) is 0.234. The predicted molar refractivity (Wildman–Crippen MR) is 87.1 cm³/mol. The van der Waals surface area contributed by atoms with E-state index < -0.39 is 0 Å². The van der Waals surface area contributed by atoms with E-state index in [0.717, 1.165) is 32.1 Å². The van der Waals surface area contributed by atoms with Crippen LogP contribution in [0.1, 0.15) is 65.2 Å². The molecule has 2 aliphatic rings. The standard InChI is InChI=1S/C18H32O5/c1-4-5-14-10-15(21-3)6-12(2)7-16-8-13(19)9-17(22-16)11-18(20)23-14/h12-17,19H,4-11H2,1-3H3/t12-,13-,14-,15-,16-,17-/m0/s1. The van der Waals surface area contributed by atoms with Gasteiger partial charge in [-0.25, -0.2) is 0 Å². The summed E-state index contributed by atoms with van der Waals surface area (Å²) >= 11 is 0. The molecule has 2 aliphatic heterocycles. The number of aliphatic hydroxyl groups excluding tert-OH is 1. The zero-order chi connectivity index (χ0) is 16.8. The lowest BCUT2D eigenvalue weighted by Gasteiger charge is -2.36. The van der Waals surface area contributed by atoms with Crippen LogP contribution >= 0.6 is 0 Å². The fraction of sp³-hybridized carbons (Fsp3) is 0.944. The number of carbonyl (C=O) groups is 1. The number of rotatable bonds is 3. The molecule has 1 N–H and O–H groups in total. The van der Waals surface area contributed by atoms with Crippen molar-refractivity contribution in [3.05, 3.63) is 0 Å². The number of methoxy groups -OCH3 is 1. The maximum atomic E-state index is 12.2. The first kappa shape index (κ1) is 18.7. The van der Waals surface area contributed by atoms with E-state index in [2.05, 4.69) is 13.8 Å². The molecule has 0 aromatic heterocycles. The van der Waals surface area contributed by atoms with Crippen LogP contribution in [0.4, 0.5) is 0 Å². The van der Waals surface area contributed by atoms with E-state index >= 15 is 0 Å². The van der Waals surface area contributed by atoms with Crippen molar-refractivity contribution in [3.8, 4) is 0 Å². The van der Waals surface area contributed by atoms with Crippen molar-refractivity contribution in [1.82, 2.24) is 0 Å². The largest absolute Gasteiger partial charge is 0.462 e. The van der Waals surface area contributed by atoms with Crippen molar-refractivity contribution in [2.75, 3.05) is 7.11 Å². The minimum atomic E-state index is -0.383. The number of aliphatic hydroxyl groups is 1. The van der Waals surface area contributed by atoms with E-state index in [1.54, 1.807) is 7.11 Å². The van der Waals surface area contributed by atoms with Crippen LogP contribution in [0.25, 0.3) is 0 Å². The van der Waals surface area contributed by atoms with Gasteiger partial charge in [0.15, 0.2) is 0 Å². The Morgan fingerprint density at radius 1 is 1.17 bits per heavy atom. The summed E-state index contributed by atoms with van der Waals surface area (Å²) in [7, 11) is 1.73. The number of cyclic esters (lactones) is 1. The SMILES string of the molecule is CCC[C@H]1C[C@@H](OC)C[C@H](C)C[C@H]2C[C@H](O)C[C@@H](CC(=O)O1)O2. The van der Waals surface area contributed by atoms with E-state index in [-0.39, 0.29) is 42.9 Å². The highest BCUT2D eigenvalue weighted by Gasteiger charge is 2.33. The van der Waals surface area contributed by atoms with Crippen molar-refractivity contribution in [2.45, 2.75) is 95.7 Å². The van der Waals surface area contributed by atoms with Gasteiger partial charge in [-0.3, -0.25) is 4.79 Å². The highest BCUT2D eigenvalue weighted by molar-refractivity contribution is 5.70. The average molecular weight is 328 g/mol. The van der Waals surface area contributed by atoms with Gasteiger partial charge in [0.05, 0.1) is 30.8 Å². The van der Waals surface area contributed by atoms with E-state index in [9.17, 15) is 9.90 Å². The molecule has 0 unspecified atom stereocenters. The second-order valence-corrected chi connectivity index (χ2v) is 7.28. The minimum absolute atomic E-state index is 0.0231. The van der Waals surface area contributed by atoms with Crippen LogP contribution in [0.15, 0.2) is 0 Å². The molecule has 2 heterocycles. The maximum Gasteiger partial charge on any atom is 0.308 e. The fourth-order valence-electron chi connectivity index (χ4n) is 3.91. The van der Waals surface area contributed by atoms with Crippen LogP contribution in [0, 0.1) is 5.92 Å². The summed E-state index contributed by atoms with van der Waals surface area (Å²) < 4.78 is 17.3. The number of fused-ring (bicyclic) bond motifs is 2. The normalized spacial score (nSPS) is 39.9. The molecule has 2 rings (SSSR count). The monoisotopic (exact) mass is 328 g/mol. The topological polar surface area (TPSA) is 65.0 Å². The minimum Gasteiger partial charge on any atom is -0.462 e. The van der Waals surface area contributed by atoms with Crippen LogP contribution in [0.3, 0.4) is 0 Å². The molecule has 2 saturated heterocycles. The first-order chi connectivity index (χ1) is 11.0. The highest BCUT2D eigenvalue weighted by Crippen LogP contribution is 2.30. The van der Waals surface area contributed by atoms with Crippen LogP contribution in [0.2, 0.25) is 0 Å². The van der Waals surface area contributed by atoms with Crippen molar-refractivity contribution in [1.29, 1.82) is 0 Å². The zero-order valence-corrected chi connectivity index (χ0v) is 14.7. The molecule has 0 aliphatic carbocycles. The first-order valence-electron chi connectivity index (χ1n) is 9.05. The van der Waals surface area contributed by atoms with Gasteiger partial charge in [-0.1, -0.05) is 20.3 Å². The summed E-state index contributed by atoms with van der Waals surface area (Å²) in [5, 5.41) is 10.1. The van der Waals surface area contributed by atoms with Gasteiger partial charge in [-0.05, 0) is 31.6 Å². The molecule has 134 valence electrons. The van der Waals surface area contributed by atoms with E-state index in [0.29, 0.717) is 18.8 Å². The fourth-order valence-corrected chi connectivity index (χ4v) is 3.91. The maximum absolute atomic E-state index is 12.2. The van der Waals surface area contributed by atoms with Gasteiger partial charge in [0, 0.05) is 20.0 Å². The zero-order valence-electron chi connectivity index (χ0n) is 14.7. The van der Waals surface area contributed by atoms with Gasteiger partial charge < -0.3 is 19.3 Å². The lowest BCUT2D eigenvalue weighted by molar-refractivity contribution is -0.162. The first-order valence-corrected chi connectivity index (χ1v) is 9.05. The average Bonchev–Trinajstić information content (AvgIpc) is 2.44. The smallest absolute Gasteiger partial charge is 0.308 e. The second kappa shape index (κ2) is 9.00. The van der Waals surface area contributed by atoms with Crippen molar-refractivity contribution in [3.63, 3.8) is 0 Å². The Bertz CT molecular complexity index is 372. The van der Waals surface area contributed by atoms with Gasteiger partial charge >= 0.3 is 5.97 Å². The van der Waals surface area contributed by atoms with Gasteiger partial charge in [0.1, 0.15) is 6.10 Å². The molecule has 2 fully saturated rings. The summed E-state index contributed by atoms with van der Waals surface area (Å²) in [5.41, 5.74) is 0. The molecule has 5 nitrogen and oxygen atoms in total. The molecular formula is C18H32O5. The molecule has 0 radical (unpaired) electrons. The Hall–Kier alpha value is -0.650.